The molecule has 1 saturated heterocycles. The second-order valence-corrected chi connectivity index (χ2v) is 6.15. The Balaban J connectivity index is 1.94. The van der Waals surface area contributed by atoms with E-state index in [9.17, 15) is 9.90 Å². The summed E-state index contributed by atoms with van der Waals surface area (Å²) in [6.45, 7) is 1.53. The van der Waals surface area contributed by atoms with Crippen molar-refractivity contribution in [3.05, 3.63) is 46.5 Å². The smallest absolute Gasteiger partial charge is 0.226 e. The summed E-state index contributed by atoms with van der Waals surface area (Å²) in [7, 11) is 0. The Morgan fingerprint density at radius 2 is 2.14 bits per heavy atom. The maximum absolute atomic E-state index is 12.2. The molecular formula is C14H14Cl2N4O2. The predicted molar refractivity (Wildman–Crippen MR) is 81.6 cm³/mol. The number of carbonyl (C=O) groups is 1. The molecule has 0 bridgehead atoms. The van der Waals surface area contributed by atoms with Gasteiger partial charge in [0.25, 0.3) is 0 Å². The first-order valence-corrected chi connectivity index (χ1v) is 7.52. The van der Waals surface area contributed by atoms with E-state index in [0.717, 1.165) is 13.1 Å². The molecule has 1 aliphatic heterocycles. The third kappa shape index (κ3) is 3.24. The van der Waals surface area contributed by atoms with Gasteiger partial charge in [0.1, 0.15) is 18.3 Å². The van der Waals surface area contributed by atoms with E-state index in [-0.39, 0.29) is 18.9 Å². The van der Waals surface area contributed by atoms with Crippen molar-refractivity contribution in [3.8, 4) is 0 Å². The Kier molecular flexibility index (Phi) is 4.08. The first-order chi connectivity index (χ1) is 10.5. The number of aromatic nitrogens is 3. The molecule has 8 heteroatoms. The molecule has 116 valence electrons. The summed E-state index contributed by atoms with van der Waals surface area (Å²) in [5.41, 5.74) is -1.03. The SMILES string of the molecule is O=C(CC(O)(Cn1cncn1)c1ccc(Cl)cc1Cl)N1CC1. The normalized spacial score (nSPS) is 16.4. The average molecular weight is 341 g/mol. The van der Waals surface area contributed by atoms with Crippen molar-refractivity contribution in [3.63, 3.8) is 0 Å². The Labute approximate surface area is 137 Å². The van der Waals surface area contributed by atoms with E-state index in [1.54, 1.807) is 23.1 Å². The van der Waals surface area contributed by atoms with Gasteiger partial charge >= 0.3 is 0 Å². The molecule has 1 aliphatic rings. The first kappa shape index (κ1) is 15.3. The van der Waals surface area contributed by atoms with Crippen molar-refractivity contribution in [1.29, 1.82) is 0 Å². The van der Waals surface area contributed by atoms with Crippen LogP contribution in [-0.4, -0.2) is 43.8 Å². The van der Waals surface area contributed by atoms with Crippen LogP contribution in [0.1, 0.15) is 12.0 Å². The van der Waals surface area contributed by atoms with Gasteiger partial charge in [-0.15, -0.1) is 0 Å². The summed E-state index contributed by atoms with van der Waals surface area (Å²) in [6.07, 6.45) is 2.78. The van der Waals surface area contributed by atoms with Gasteiger partial charge in [-0.05, 0) is 12.1 Å². The van der Waals surface area contributed by atoms with E-state index in [0.29, 0.717) is 15.6 Å². The lowest BCUT2D eigenvalue weighted by molar-refractivity contribution is -0.132. The second kappa shape index (κ2) is 5.87. The van der Waals surface area contributed by atoms with Crippen LogP contribution in [0.15, 0.2) is 30.9 Å². The molecule has 0 radical (unpaired) electrons. The first-order valence-electron chi connectivity index (χ1n) is 6.76. The summed E-state index contributed by atoms with van der Waals surface area (Å²) < 4.78 is 1.47. The Morgan fingerprint density at radius 3 is 2.73 bits per heavy atom. The molecule has 3 rings (SSSR count). The Hall–Kier alpha value is -1.63. The lowest BCUT2D eigenvalue weighted by Crippen LogP contribution is -2.36. The zero-order valence-corrected chi connectivity index (χ0v) is 13.1. The van der Waals surface area contributed by atoms with Crippen LogP contribution < -0.4 is 0 Å². The van der Waals surface area contributed by atoms with Gasteiger partial charge in [0.2, 0.25) is 5.91 Å². The van der Waals surface area contributed by atoms with Crippen LogP contribution in [-0.2, 0) is 16.9 Å². The number of nitrogens with zero attached hydrogens (tertiary/aromatic N) is 4. The van der Waals surface area contributed by atoms with E-state index >= 15 is 0 Å². The molecule has 2 aromatic rings. The summed E-state index contributed by atoms with van der Waals surface area (Å²) in [4.78, 5) is 17.7. The van der Waals surface area contributed by atoms with E-state index in [4.69, 9.17) is 23.2 Å². The minimum absolute atomic E-state index is 0.0752. The van der Waals surface area contributed by atoms with Gasteiger partial charge in [-0.25, -0.2) is 9.67 Å². The van der Waals surface area contributed by atoms with Crippen LogP contribution in [0.2, 0.25) is 10.0 Å². The minimum atomic E-state index is -1.48. The zero-order valence-electron chi connectivity index (χ0n) is 11.6. The molecule has 1 atom stereocenters. The van der Waals surface area contributed by atoms with Crippen molar-refractivity contribution < 1.29 is 9.90 Å². The molecule has 1 N–H and O–H groups in total. The zero-order chi connectivity index (χ0) is 15.7. The molecule has 1 fully saturated rings. The van der Waals surface area contributed by atoms with Gasteiger partial charge in [-0.3, -0.25) is 4.79 Å². The molecule has 0 spiro atoms. The summed E-state index contributed by atoms with van der Waals surface area (Å²) in [5.74, 6) is -0.117. The molecule has 1 aromatic carbocycles. The number of hydrogen-bond donors (Lipinski definition) is 1. The fourth-order valence-corrected chi connectivity index (χ4v) is 2.93. The van der Waals surface area contributed by atoms with Crippen LogP contribution in [0.5, 0.6) is 0 Å². The summed E-state index contributed by atoms with van der Waals surface area (Å²) >= 11 is 12.1. The highest BCUT2D eigenvalue weighted by Gasteiger charge is 2.38. The van der Waals surface area contributed by atoms with Gasteiger partial charge in [0.15, 0.2) is 0 Å². The third-order valence-electron chi connectivity index (χ3n) is 3.57. The quantitative estimate of drug-likeness (QED) is 0.841. The van der Waals surface area contributed by atoms with Crippen molar-refractivity contribution in [2.24, 2.45) is 0 Å². The van der Waals surface area contributed by atoms with Gasteiger partial charge in [0, 0.05) is 28.7 Å². The maximum atomic E-state index is 12.2. The van der Waals surface area contributed by atoms with Crippen LogP contribution in [0.4, 0.5) is 0 Å². The second-order valence-electron chi connectivity index (χ2n) is 5.31. The van der Waals surface area contributed by atoms with Crippen LogP contribution >= 0.6 is 23.2 Å². The fraction of sp³-hybridized carbons (Fsp3) is 0.357. The van der Waals surface area contributed by atoms with Gasteiger partial charge in [-0.2, -0.15) is 5.10 Å². The molecule has 1 aromatic heterocycles. The van der Waals surface area contributed by atoms with Crippen molar-refractivity contribution in [1.82, 2.24) is 19.7 Å². The Morgan fingerprint density at radius 1 is 1.36 bits per heavy atom. The van der Waals surface area contributed by atoms with Gasteiger partial charge < -0.3 is 10.0 Å². The van der Waals surface area contributed by atoms with E-state index in [1.165, 1.54) is 17.3 Å². The number of benzene rings is 1. The lowest BCUT2D eigenvalue weighted by Gasteiger charge is -2.29. The predicted octanol–water partition coefficient (Wildman–Crippen LogP) is 1.70. The number of hydrogen-bond acceptors (Lipinski definition) is 4. The number of amides is 1. The highest BCUT2D eigenvalue weighted by atomic mass is 35.5. The third-order valence-corrected chi connectivity index (χ3v) is 4.11. The highest BCUT2D eigenvalue weighted by Crippen LogP contribution is 2.35. The summed E-state index contributed by atoms with van der Waals surface area (Å²) in [5, 5.41) is 15.9. The fourth-order valence-electron chi connectivity index (χ4n) is 2.35. The topological polar surface area (TPSA) is 71.0 Å². The molecule has 0 aliphatic carbocycles. The molecule has 2 heterocycles. The summed E-state index contributed by atoms with van der Waals surface area (Å²) in [6, 6.07) is 4.82. The van der Waals surface area contributed by atoms with E-state index in [1.807, 2.05) is 0 Å². The lowest BCUT2D eigenvalue weighted by atomic mass is 9.89. The number of carbonyl (C=O) groups excluding carboxylic acids is 1. The van der Waals surface area contributed by atoms with Crippen molar-refractivity contribution in [2.75, 3.05) is 13.1 Å². The van der Waals surface area contributed by atoms with Gasteiger partial charge in [-0.1, -0.05) is 29.3 Å². The molecular weight excluding hydrogens is 327 g/mol. The number of halogens is 2. The monoisotopic (exact) mass is 340 g/mol. The highest BCUT2D eigenvalue weighted by molar-refractivity contribution is 6.35. The average Bonchev–Trinajstić information content (AvgIpc) is 3.18. The van der Waals surface area contributed by atoms with Crippen molar-refractivity contribution in [2.45, 2.75) is 18.6 Å². The van der Waals surface area contributed by atoms with E-state index in [2.05, 4.69) is 10.1 Å². The number of aliphatic hydroxyl groups is 1. The molecule has 1 unspecified atom stereocenters. The van der Waals surface area contributed by atoms with E-state index < -0.39 is 5.60 Å². The maximum Gasteiger partial charge on any atom is 0.226 e. The standard InChI is InChI=1S/C14H14Cl2N4O2/c15-10-1-2-11(12(16)5-10)14(22,6-13(21)19-3-4-19)7-20-9-17-8-18-20/h1-2,5,8-9,22H,3-4,6-7H2. The minimum Gasteiger partial charge on any atom is -0.383 e. The largest absolute Gasteiger partial charge is 0.383 e. The van der Waals surface area contributed by atoms with Crippen LogP contribution in [0.3, 0.4) is 0 Å². The Bertz CT molecular complexity index is 688. The molecule has 1 amide bonds. The molecule has 22 heavy (non-hydrogen) atoms. The molecule has 0 saturated carbocycles. The van der Waals surface area contributed by atoms with Crippen molar-refractivity contribution >= 4 is 29.1 Å². The van der Waals surface area contributed by atoms with Crippen LogP contribution in [0.25, 0.3) is 0 Å². The molecule has 6 nitrogen and oxygen atoms in total. The van der Waals surface area contributed by atoms with Crippen LogP contribution in [0, 0.1) is 0 Å². The van der Waals surface area contributed by atoms with Gasteiger partial charge in [0.05, 0.1) is 13.0 Å². The number of rotatable bonds is 5.